The lowest BCUT2D eigenvalue weighted by Crippen LogP contribution is -2.09. The number of anilines is 1. The Hall–Kier alpha value is -2.05. The minimum atomic E-state index is 0.588. The van der Waals surface area contributed by atoms with Gasteiger partial charge >= 0.3 is 0 Å². The molecule has 3 heterocycles. The third kappa shape index (κ3) is 2.16. The van der Waals surface area contributed by atoms with Crippen molar-refractivity contribution in [2.45, 2.75) is 13.3 Å². The van der Waals surface area contributed by atoms with Crippen molar-refractivity contribution in [2.75, 3.05) is 5.43 Å². The summed E-state index contributed by atoms with van der Waals surface area (Å²) in [6, 6.07) is 7.75. The fraction of sp³-hybridized carbons (Fsp3) is 0.154. The molecule has 0 aliphatic rings. The average Bonchev–Trinajstić information content (AvgIpc) is 2.90. The van der Waals surface area contributed by atoms with E-state index in [9.17, 15) is 0 Å². The van der Waals surface area contributed by atoms with Crippen LogP contribution in [-0.2, 0) is 6.42 Å². The maximum absolute atomic E-state index is 5.56. The Balaban J connectivity index is 2.22. The molecule has 0 aliphatic carbocycles. The summed E-state index contributed by atoms with van der Waals surface area (Å²) in [7, 11) is 0. The van der Waals surface area contributed by atoms with Crippen LogP contribution >= 0.6 is 11.3 Å². The van der Waals surface area contributed by atoms with Gasteiger partial charge in [0.25, 0.3) is 0 Å². The van der Waals surface area contributed by atoms with Crippen molar-refractivity contribution in [1.82, 2.24) is 15.0 Å². The van der Waals surface area contributed by atoms with E-state index >= 15 is 0 Å². The van der Waals surface area contributed by atoms with Crippen LogP contribution in [0.1, 0.15) is 11.8 Å². The van der Waals surface area contributed by atoms with Crippen molar-refractivity contribution < 1.29 is 0 Å². The number of rotatable bonds is 3. The van der Waals surface area contributed by atoms with Gasteiger partial charge in [-0.25, -0.2) is 15.8 Å². The lowest BCUT2D eigenvalue weighted by Gasteiger charge is -2.04. The lowest BCUT2D eigenvalue weighted by atomic mass is 10.3. The molecule has 0 radical (unpaired) electrons. The second-order valence-corrected chi connectivity index (χ2v) is 5.16. The minimum Gasteiger partial charge on any atom is -0.308 e. The normalized spacial score (nSPS) is 10.8. The first-order valence-electron chi connectivity index (χ1n) is 6.00. The van der Waals surface area contributed by atoms with E-state index in [0.29, 0.717) is 11.6 Å². The Bertz CT molecular complexity index is 708. The van der Waals surface area contributed by atoms with Crippen LogP contribution in [0, 0.1) is 0 Å². The third-order valence-corrected chi connectivity index (χ3v) is 4.00. The number of pyridine rings is 1. The van der Waals surface area contributed by atoms with E-state index in [1.54, 1.807) is 17.5 Å². The van der Waals surface area contributed by atoms with Gasteiger partial charge in [-0.15, -0.1) is 11.3 Å². The van der Waals surface area contributed by atoms with Crippen molar-refractivity contribution in [2.24, 2.45) is 5.84 Å². The van der Waals surface area contributed by atoms with Gasteiger partial charge in [0, 0.05) is 11.1 Å². The second-order valence-electron chi connectivity index (χ2n) is 4.04. The summed E-state index contributed by atoms with van der Waals surface area (Å²) in [6.07, 6.45) is 2.70. The van der Waals surface area contributed by atoms with Gasteiger partial charge in [-0.1, -0.05) is 13.0 Å². The quantitative estimate of drug-likeness (QED) is 0.565. The van der Waals surface area contributed by atoms with Gasteiger partial charge in [-0.3, -0.25) is 4.98 Å². The number of hydrogen-bond acceptors (Lipinski definition) is 6. The van der Waals surface area contributed by atoms with Gasteiger partial charge in [0.05, 0.1) is 5.39 Å². The number of aryl methyl sites for hydroxylation is 1. The summed E-state index contributed by atoms with van der Waals surface area (Å²) in [4.78, 5) is 15.5. The number of nitrogens with one attached hydrogen (secondary N) is 1. The Labute approximate surface area is 114 Å². The third-order valence-electron chi connectivity index (χ3n) is 2.82. The molecule has 3 aromatic rings. The molecule has 0 spiro atoms. The van der Waals surface area contributed by atoms with Gasteiger partial charge in [0.2, 0.25) is 0 Å². The van der Waals surface area contributed by atoms with E-state index in [1.165, 1.54) is 4.88 Å². The van der Waals surface area contributed by atoms with Crippen molar-refractivity contribution in [1.29, 1.82) is 0 Å². The standard InChI is InChI=1S/C13H13N5S/c1-2-8-7-9-11(18-14)16-12(17-13(9)19-8)10-5-3-4-6-15-10/h3-7H,2,14H2,1H3,(H,16,17,18). The summed E-state index contributed by atoms with van der Waals surface area (Å²) in [5, 5.41) is 0.962. The van der Waals surface area contributed by atoms with Crippen LogP contribution in [0.5, 0.6) is 0 Å². The molecule has 0 bridgehead atoms. The van der Waals surface area contributed by atoms with Crippen molar-refractivity contribution in [3.05, 3.63) is 35.3 Å². The van der Waals surface area contributed by atoms with E-state index in [2.05, 4.69) is 33.4 Å². The number of nitrogens with two attached hydrogens (primary N) is 1. The summed E-state index contributed by atoms with van der Waals surface area (Å²) in [6.45, 7) is 2.12. The Morgan fingerprint density at radius 3 is 2.89 bits per heavy atom. The lowest BCUT2D eigenvalue weighted by molar-refractivity contribution is 1.16. The topological polar surface area (TPSA) is 76.7 Å². The number of aromatic nitrogens is 3. The maximum Gasteiger partial charge on any atom is 0.181 e. The van der Waals surface area contributed by atoms with Gasteiger partial charge in [-0.05, 0) is 24.6 Å². The maximum atomic E-state index is 5.56. The van der Waals surface area contributed by atoms with E-state index < -0.39 is 0 Å². The number of thiophene rings is 1. The summed E-state index contributed by atoms with van der Waals surface area (Å²) >= 11 is 1.66. The molecule has 5 nitrogen and oxygen atoms in total. The van der Waals surface area contributed by atoms with Gasteiger partial charge in [-0.2, -0.15) is 0 Å². The first-order valence-corrected chi connectivity index (χ1v) is 6.82. The molecule has 6 heteroatoms. The van der Waals surface area contributed by atoms with Crippen LogP contribution in [0.4, 0.5) is 5.82 Å². The smallest absolute Gasteiger partial charge is 0.181 e. The molecule has 0 aliphatic heterocycles. The second kappa shape index (κ2) is 4.91. The molecule has 0 saturated heterocycles. The first-order chi connectivity index (χ1) is 9.31. The molecule has 0 aromatic carbocycles. The molecule has 0 fully saturated rings. The Morgan fingerprint density at radius 2 is 2.21 bits per heavy atom. The summed E-state index contributed by atoms with van der Waals surface area (Å²) < 4.78 is 0. The highest BCUT2D eigenvalue weighted by Crippen LogP contribution is 2.30. The number of hydrogen-bond donors (Lipinski definition) is 2. The van der Waals surface area contributed by atoms with Crippen LogP contribution in [-0.4, -0.2) is 15.0 Å². The Kier molecular flexibility index (Phi) is 3.10. The molecule has 3 rings (SSSR count). The molecular formula is C13H13N5S. The van der Waals surface area contributed by atoms with Crippen molar-refractivity contribution in [3.8, 4) is 11.5 Å². The summed E-state index contributed by atoms with van der Waals surface area (Å²) in [5.41, 5.74) is 3.39. The SMILES string of the molecule is CCc1cc2c(NN)nc(-c3ccccn3)nc2s1. The Morgan fingerprint density at radius 1 is 1.32 bits per heavy atom. The van der Waals surface area contributed by atoms with E-state index in [4.69, 9.17) is 5.84 Å². The van der Waals surface area contributed by atoms with E-state index in [0.717, 1.165) is 22.3 Å². The molecule has 3 aromatic heterocycles. The molecule has 0 amide bonds. The van der Waals surface area contributed by atoms with Gasteiger partial charge in [0.15, 0.2) is 11.6 Å². The van der Waals surface area contributed by atoms with Gasteiger partial charge in [0.1, 0.15) is 10.5 Å². The van der Waals surface area contributed by atoms with Crippen LogP contribution in [0.25, 0.3) is 21.7 Å². The number of nitrogen functional groups attached to an aromatic ring is 1. The van der Waals surface area contributed by atoms with E-state index in [1.807, 2.05) is 18.2 Å². The molecule has 0 saturated carbocycles. The van der Waals surface area contributed by atoms with Gasteiger partial charge < -0.3 is 5.43 Å². The highest BCUT2D eigenvalue weighted by Gasteiger charge is 2.12. The predicted molar refractivity (Wildman–Crippen MR) is 77.8 cm³/mol. The average molecular weight is 271 g/mol. The monoisotopic (exact) mass is 271 g/mol. The van der Waals surface area contributed by atoms with Crippen molar-refractivity contribution in [3.63, 3.8) is 0 Å². The van der Waals surface area contributed by atoms with Crippen LogP contribution in [0.2, 0.25) is 0 Å². The minimum absolute atomic E-state index is 0.588. The molecule has 0 atom stereocenters. The van der Waals surface area contributed by atoms with Crippen molar-refractivity contribution >= 4 is 27.4 Å². The van der Waals surface area contributed by atoms with Crippen LogP contribution in [0.15, 0.2) is 30.5 Å². The van der Waals surface area contributed by atoms with E-state index in [-0.39, 0.29) is 0 Å². The molecule has 3 N–H and O–H groups in total. The fourth-order valence-electron chi connectivity index (χ4n) is 1.87. The molecule has 19 heavy (non-hydrogen) atoms. The number of nitrogens with zero attached hydrogens (tertiary/aromatic N) is 3. The molecule has 96 valence electrons. The highest BCUT2D eigenvalue weighted by molar-refractivity contribution is 7.18. The summed E-state index contributed by atoms with van der Waals surface area (Å²) in [5.74, 6) is 6.79. The first kappa shape index (κ1) is 12.0. The fourth-order valence-corrected chi connectivity index (χ4v) is 2.83. The molecular weight excluding hydrogens is 258 g/mol. The predicted octanol–water partition coefficient (Wildman–Crippen LogP) is 2.60. The number of fused-ring (bicyclic) bond motifs is 1. The zero-order valence-corrected chi connectivity index (χ0v) is 11.2. The highest BCUT2D eigenvalue weighted by atomic mass is 32.1. The number of hydrazine groups is 1. The van der Waals surface area contributed by atoms with Crippen LogP contribution < -0.4 is 11.3 Å². The largest absolute Gasteiger partial charge is 0.308 e. The zero-order valence-electron chi connectivity index (χ0n) is 10.4. The van der Waals surface area contributed by atoms with Crippen LogP contribution in [0.3, 0.4) is 0 Å². The zero-order chi connectivity index (χ0) is 13.2. The molecule has 0 unspecified atom stereocenters.